The smallest absolute Gasteiger partial charge is 0.275 e. The Morgan fingerprint density at radius 3 is 2.64 bits per heavy atom. The number of fused-ring (bicyclic) bond motifs is 1. The van der Waals surface area contributed by atoms with Gasteiger partial charge in [0.05, 0.1) is 11.3 Å². The Labute approximate surface area is 159 Å². The fraction of sp³-hybridized carbons (Fsp3) is 0.158. The average molecular weight is 380 g/mol. The van der Waals surface area contributed by atoms with Crippen LogP contribution in [-0.4, -0.2) is 33.6 Å². The highest BCUT2D eigenvalue weighted by atomic mass is 16.6. The molecule has 9 heteroatoms. The third-order valence-electron chi connectivity index (χ3n) is 4.18. The van der Waals surface area contributed by atoms with E-state index in [2.05, 4.69) is 10.3 Å². The first-order valence-corrected chi connectivity index (χ1v) is 8.54. The Morgan fingerprint density at radius 2 is 1.89 bits per heavy atom. The molecule has 1 N–H and O–H groups in total. The monoisotopic (exact) mass is 380 g/mol. The van der Waals surface area contributed by atoms with Crippen LogP contribution in [0.25, 0.3) is 0 Å². The van der Waals surface area contributed by atoms with Gasteiger partial charge in [-0.25, -0.2) is 4.98 Å². The van der Waals surface area contributed by atoms with Crippen LogP contribution in [0.4, 0.5) is 11.4 Å². The van der Waals surface area contributed by atoms with Crippen molar-refractivity contribution in [1.29, 1.82) is 0 Å². The molecule has 0 saturated heterocycles. The summed E-state index contributed by atoms with van der Waals surface area (Å²) in [5.41, 5.74) is 1.74. The number of amides is 1. The lowest BCUT2D eigenvalue weighted by molar-refractivity contribution is -0.384. The predicted octanol–water partition coefficient (Wildman–Crippen LogP) is 2.86. The van der Waals surface area contributed by atoms with E-state index in [1.807, 2.05) is 0 Å². The van der Waals surface area contributed by atoms with Gasteiger partial charge in [-0.05, 0) is 17.7 Å². The van der Waals surface area contributed by atoms with E-state index in [0.29, 0.717) is 36.9 Å². The van der Waals surface area contributed by atoms with Gasteiger partial charge in [-0.2, -0.15) is 0 Å². The minimum absolute atomic E-state index is 0.0360. The minimum Gasteiger partial charge on any atom is -0.486 e. The van der Waals surface area contributed by atoms with Crippen molar-refractivity contribution in [2.24, 2.45) is 0 Å². The fourth-order valence-electron chi connectivity index (χ4n) is 2.81. The molecule has 1 aliphatic rings. The minimum atomic E-state index is -0.443. The molecule has 4 rings (SSSR count). The van der Waals surface area contributed by atoms with Gasteiger partial charge in [-0.15, -0.1) is 0 Å². The SMILES string of the molecule is O=C(Nc1ccc2c(c1)OCCO2)c1cn(Cc2ccc([N+](=O)[O-])cc2)cn1. The molecular formula is C19H16N4O5. The van der Waals surface area contributed by atoms with Crippen LogP contribution in [0.15, 0.2) is 55.0 Å². The summed E-state index contributed by atoms with van der Waals surface area (Å²) in [4.78, 5) is 26.8. The molecule has 0 aliphatic carbocycles. The normalized spacial score (nSPS) is 12.4. The molecule has 142 valence electrons. The van der Waals surface area contributed by atoms with E-state index in [-0.39, 0.29) is 17.3 Å². The number of ether oxygens (including phenoxy) is 2. The van der Waals surface area contributed by atoms with Gasteiger partial charge in [0.15, 0.2) is 11.5 Å². The topological polar surface area (TPSA) is 109 Å². The predicted molar refractivity (Wildman–Crippen MR) is 99.8 cm³/mol. The van der Waals surface area contributed by atoms with Crippen LogP contribution >= 0.6 is 0 Å². The number of imidazole rings is 1. The first-order chi connectivity index (χ1) is 13.6. The molecule has 3 aromatic rings. The lowest BCUT2D eigenvalue weighted by atomic mass is 10.2. The molecule has 0 radical (unpaired) electrons. The van der Waals surface area contributed by atoms with Gasteiger partial charge in [-0.1, -0.05) is 12.1 Å². The molecule has 1 amide bonds. The number of anilines is 1. The first-order valence-electron chi connectivity index (χ1n) is 8.54. The maximum absolute atomic E-state index is 12.4. The molecule has 1 aliphatic heterocycles. The summed E-state index contributed by atoms with van der Waals surface area (Å²) in [6.07, 6.45) is 3.16. The molecule has 9 nitrogen and oxygen atoms in total. The summed E-state index contributed by atoms with van der Waals surface area (Å²) in [7, 11) is 0. The van der Waals surface area contributed by atoms with Crippen molar-refractivity contribution in [3.05, 3.63) is 76.4 Å². The zero-order valence-corrected chi connectivity index (χ0v) is 14.7. The zero-order valence-electron chi connectivity index (χ0n) is 14.7. The average Bonchev–Trinajstić information content (AvgIpc) is 3.17. The summed E-state index contributed by atoms with van der Waals surface area (Å²) < 4.78 is 12.7. The van der Waals surface area contributed by atoms with Crippen molar-refractivity contribution in [1.82, 2.24) is 9.55 Å². The van der Waals surface area contributed by atoms with E-state index >= 15 is 0 Å². The van der Waals surface area contributed by atoms with E-state index in [4.69, 9.17) is 9.47 Å². The summed E-state index contributed by atoms with van der Waals surface area (Å²) in [6.45, 7) is 1.42. The van der Waals surface area contributed by atoms with Crippen LogP contribution in [0.3, 0.4) is 0 Å². The Morgan fingerprint density at radius 1 is 1.14 bits per heavy atom. The Kier molecular flexibility index (Phi) is 4.63. The second-order valence-electron chi connectivity index (χ2n) is 6.17. The first kappa shape index (κ1) is 17.5. The van der Waals surface area contributed by atoms with Crippen LogP contribution < -0.4 is 14.8 Å². The second-order valence-corrected chi connectivity index (χ2v) is 6.17. The van der Waals surface area contributed by atoms with Gasteiger partial charge in [-0.3, -0.25) is 14.9 Å². The molecule has 0 fully saturated rings. The number of nitro benzene ring substituents is 1. The molecule has 0 bridgehead atoms. The number of nitrogens with zero attached hydrogens (tertiary/aromatic N) is 3. The van der Waals surface area contributed by atoms with Gasteiger partial charge in [0, 0.05) is 36.6 Å². The highest BCUT2D eigenvalue weighted by Crippen LogP contribution is 2.32. The standard InChI is InChI=1S/C19H16N4O5/c24-19(21-14-3-6-17-18(9-14)28-8-7-27-17)16-11-22(12-20-16)10-13-1-4-15(5-2-13)23(25)26/h1-6,9,11-12H,7-8,10H2,(H,21,24). The third-order valence-corrected chi connectivity index (χ3v) is 4.18. The molecule has 0 spiro atoms. The maximum Gasteiger partial charge on any atom is 0.275 e. The largest absolute Gasteiger partial charge is 0.486 e. The van der Waals surface area contributed by atoms with E-state index in [1.54, 1.807) is 47.4 Å². The quantitative estimate of drug-likeness (QED) is 0.539. The number of nitrogens with one attached hydrogen (secondary N) is 1. The zero-order chi connectivity index (χ0) is 19.5. The Hall–Kier alpha value is -3.88. The number of nitro groups is 1. The highest BCUT2D eigenvalue weighted by molar-refractivity contribution is 6.02. The molecule has 0 saturated carbocycles. The molecule has 2 heterocycles. The van der Waals surface area contributed by atoms with E-state index < -0.39 is 4.92 Å². The third kappa shape index (κ3) is 3.78. The second kappa shape index (κ2) is 7.39. The number of hydrogen-bond donors (Lipinski definition) is 1. The summed E-state index contributed by atoms with van der Waals surface area (Å²) >= 11 is 0. The summed E-state index contributed by atoms with van der Waals surface area (Å²) in [6, 6.07) is 11.4. The Balaban J connectivity index is 1.42. The number of rotatable bonds is 5. The van der Waals surface area contributed by atoms with Crippen LogP contribution in [-0.2, 0) is 6.54 Å². The number of carbonyl (C=O) groups is 1. The molecular weight excluding hydrogens is 364 g/mol. The van der Waals surface area contributed by atoms with Crippen LogP contribution in [0.5, 0.6) is 11.5 Å². The molecule has 2 aromatic carbocycles. The molecule has 28 heavy (non-hydrogen) atoms. The highest BCUT2D eigenvalue weighted by Gasteiger charge is 2.15. The summed E-state index contributed by atoms with van der Waals surface area (Å²) in [5, 5.41) is 13.5. The van der Waals surface area contributed by atoms with Crippen molar-refractivity contribution in [3.63, 3.8) is 0 Å². The lowest BCUT2D eigenvalue weighted by Gasteiger charge is -2.18. The maximum atomic E-state index is 12.4. The fourth-order valence-corrected chi connectivity index (χ4v) is 2.81. The molecule has 0 unspecified atom stereocenters. The molecule has 1 aromatic heterocycles. The summed E-state index contributed by atoms with van der Waals surface area (Å²) in [5.74, 6) is 0.892. The Bertz CT molecular complexity index is 1030. The van der Waals surface area contributed by atoms with Crippen LogP contribution in [0.1, 0.15) is 16.1 Å². The van der Waals surface area contributed by atoms with Gasteiger partial charge in [0.25, 0.3) is 11.6 Å². The van der Waals surface area contributed by atoms with Gasteiger partial charge >= 0.3 is 0 Å². The van der Waals surface area contributed by atoms with Crippen molar-refractivity contribution >= 4 is 17.3 Å². The van der Waals surface area contributed by atoms with Crippen molar-refractivity contribution in [3.8, 4) is 11.5 Å². The number of carbonyl (C=O) groups excluding carboxylic acids is 1. The number of benzene rings is 2. The van der Waals surface area contributed by atoms with Gasteiger partial charge < -0.3 is 19.4 Å². The van der Waals surface area contributed by atoms with E-state index in [1.165, 1.54) is 12.1 Å². The number of aromatic nitrogens is 2. The van der Waals surface area contributed by atoms with Crippen molar-refractivity contribution in [2.45, 2.75) is 6.54 Å². The van der Waals surface area contributed by atoms with Crippen LogP contribution in [0, 0.1) is 10.1 Å². The number of hydrogen-bond acceptors (Lipinski definition) is 6. The van der Waals surface area contributed by atoms with Crippen molar-refractivity contribution < 1.29 is 19.2 Å². The van der Waals surface area contributed by atoms with Crippen LogP contribution in [0.2, 0.25) is 0 Å². The molecule has 0 atom stereocenters. The van der Waals surface area contributed by atoms with Crippen molar-refractivity contribution in [2.75, 3.05) is 18.5 Å². The van der Waals surface area contributed by atoms with Gasteiger partial charge in [0.2, 0.25) is 0 Å². The number of non-ortho nitro benzene ring substituents is 1. The lowest BCUT2D eigenvalue weighted by Crippen LogP contribution is -2.16. The van der Waals surface area contributed by atoms with E-state index in [9.17, 15) is 14.9 Å². The van der Waals surface area contributed by atoms with E-state index in [0.717, 1.165) is 5.56 Å². The van der Waals surface area contributed by atoms with Gasteiger partial charge in [0.1, 0.15) is 18.9 Å².